The van der Waals surface area contributed by atoms with E-state index in [1.807, 2.05) is 12.1 Å². The molecule has 0 unspecified atom stereocenters. The fraction of sp³-hybridized carbons (Fsp3) is 0.261. The highest BCUT2D eigenvalue weighted by Gasteiger charge is 2.13. The summed E-state index contributed by atoms with van der Waals surface area (Å²) in [6.07, 6.45) is 2.49. The highest BCUT2D eigenvalue weighted by molar-refractivity contribution is 7.80. The molecule has 160 valence electrons. The summed E-state index contributed by atoms with van der Waals surface area (Å²) >= 11 is 5.91. The number of thiazole rings is 1. The number of hydrogen-bond donors (Lipinski definition) is 4. The number of anilines is 2. The van der Waals surface area contributed by atoms with Crippen molar-refractivity contribution in [3.63, 3.8) is 0 Å². The molecule has 0 bridgehead atoms. The molecule has 0 spiro atoms. The van der Waals surface area contributed by atoms with Gasteiger partial charge in [0.2, 0.25) is 5.91 Å². The van der Waals surface area contributed by atoms with Gasteiger partial charge in [-0.1, -0.05) is 24.3 Å². The molecule has 0 radical (unpaired) electrons. The Morgan fingerprint density at radius 3 is 2.52 bits per heavy atom. The molecule has 0 aliphatic carbocycles. The molecule has 4 rings (SSSR count). The van der Waals surface area contributed by atoms with E-state index in [9.17, 15) is 4.79 Å². The number of thiol groups is 1. The largest absolute Gasteiger partial charge is 0.354 e. The molecule has 3 aromatic rings. The molecular formula is C23H25N5OS2. The van der Waals surface area contributed by atoms with Gasteiger partial charge in [0.15, 0.2) is 11.1 Å². The number of nitrogens with zero attached hydrogens (tertiary/aromatic N) is 2. The molecule has 2 heterocycles. The Morgan fingerprint density at radius 2 is 1.84 bits per heavy atom. The predicted octanol–water partition coefficient (Wildman–Crippen LogP) is 4.14. The van der Waals surface area contributed by atoms with Crippen molar-refractivity contribution in [3.05, 3.63) is 70.2 Å². The molecule has 0 saturated carbocycles. The van der Waals surface area contributed by atoms with Gasteiger partial charge in [-0.2, -0.15) is 0 Å². The minimum Gasteiger partial charge on any atom is -0.354 e. The fourth-order valence-electron chi connectivity index (χ4n) is 3.36. The van der Waals surface area contributed by atoms with Gasteiger partial charge in [0, 0.05) is 35.3 Å². The van der Waals surface area contributed by atoms with E-state index in [4.69, 9.17) is 4.98 Å². The Balaban J connectivity index is 1.44. The van der Waals surface area contributed by atoms with Crippen LogP contribution in [-0.2, 0) is 24.1 Å². The molecule has 2 aromatic carbocycles. The quantitative estimate of drug-likeness (QED) is 0.407. The van der Waals surface area contributed by atoms with Gasteiger partial charge in [-0.3, -0.25) is 9.79 Å². The van der Waals surface area contributed by atoms with Crippen molar-refractivity contribution in [1.82, 2.24) is 10.3 Å². The summed E-state index contributed by atoms with van der Waals surface area (Å²) in [6.45, 7) is 3.21. The van der Waals surface area contributed by atoms with E-state index in [2.05, 4.69) is 70.0 Å². The van der Waals surface area contributed by atoms with E-state index in [0.29, 0.717) is 5.13 Å². The maximum absolute atomic E-state index is 11.5. The van der Waals surface area contributed by atoms with E-state index in [1.165, 1.54) is 22.9 Å². The minimum absolute atomic E-state index is 0.101. The van der Waals surface area contributed by atoms with E-state index >= 15 is 0 Å². The molecular weight excluding hydrogens is 426 g/mol. The molecule has 6 nitrogen and oxygen atoms in total. The van der Waals surface area contributed by atoms with Gasteiger partial charge in [0.1, 0.15) is 0 Å². The lowest BCUT2D eigenvalue weighted by Crippen LogP contribution is -2.26. The molecule has 1 aliphatic rings. The predicted molar refractivity (Wildman–Crippen MR) is 131 cm³/mol. The number of aromatic nitrogens is 1. The van der Waals surface area contributed by atoms with Crippen LogP contribution in [0.1, 0.15) is 28.6 Å². The second kappa shape index (κ2) is 9.98. The summed E-state index contributed by atoms with van der Waals surface area (Å²) in [6, 6.07) is 16.6. The first kappa shape index (κ1) is 21.4. The Labute approximate surface area is 191 Å². The first-order valence-corrected chi connectivity index (χ1v) is 11.5. The van der Waals surface area contributed by atoms with Gasteiger partial charge < -0.3 is 16.0 Å². The highest BCUT2D eigenvalue weighted by atomic mass is 32.1. The molecule has 3 N–H and O–H groups in total. The Bertz CT molecular complexity index is 1070. The lowest BCUT2D eigenvalue weighted by Gasteiger charge is -2.08. The van der Waals surface area contributed by atoms with E-state index < -0.39 is 0 Å². The highest BCUT2D eigenvalue weighted by Crippen LogP contribution is 2.27. The summed E-state index contributed by atoms with van der Waals surface area (Å²) in [5.74, 6) is 0.729. The first-order valence-electron chi connectivity index (χ1n) is 10.2. The molecule has 1 aromatic heterocycles. The van der Waals surface area contributed by atoms with E-state index in [0.717, 1.165) is 54.6 Å². The maximum atomic E-state index is 11.5. The number of guanidine groups is 1. The topological polar surface area (TPSA) is 78.4 Å². The first-order chi connectivity index (χ1) is 15.0. The van der Waals surface area contributed by atoms with Crippen molar-refractivity contribution in [2.45, 2.75) is 31.1 Å². The monoisotopic (exact) mass is 451 g/mol. The van der Waals surface area contributed by atoms with Crippen molar-refractivity contribution in [2.24, 2.45) is 4.99 Å². The number of carbonyl (C=O) groups is 1. The lowest BCUT2D eigenvalue weighted by atomic mass is 10.0. The van der Waals surface area contributed by atoms with Crippen molar-refractivity contribution < 1.29 is 4.79 Å². The number of nitrogens with one attached hydrogen (secondary N) is 3. The third-order valence-electron chi connectivity index (χ3n) is 4.90. The normalized spacial score (nSPS) is 12.9. The summed E-state index contributed by atoms with van der Waals surface area (Å²) in [5.41, 5.74) is 4.50. The number of hydrogen-bond acceptors (Lipinski definition) is 7. The molecule has 31 heavy (non-hydrogen) atoms. The second-order valence-corrected chi connectivity index (χ2v) is 8.99. The van der Waals surface area contributed by atoms with Crippen LogP contribution in [0.4, 0.5) is 10.8 Å². The minimum atomic E-state index is -0.101. The lowest BCUT2D eigenvalue weighted by molar-refractivity contribution is -0.114. The van der Waals surface area contributed by atoms with Crippen LogP contribution in [0.15, 0.2) is 58.4 Å². The smallest absolute Gasteiger partial charge is 0.223 e. The van der Waals surface area contributed by atoms with Crippen molar-refractivity contribution in [1.29, 1.82) is 0 Å². The average Bonchev–Trinajstić information content (AvgIpc) is 3.39. The summed E-state index contributed by atoms with van der Waals surface area (Å²) in [4.78, 5) is 22.7. The van der Waals surface area contributed by atoms with Crippen molar-refractivity contribution in [3.8, 4) is 0 Å². The summed E-state index contributed by atoms with van der Waals surface area (Å²) < 4.78 is 0. The number of benzene rings is 2. The van der Waals surface area contributed by atoms with Crippen molar-refractivity contribution in [2.75, 3.05) is 23.7 Å². The van der Waals surface area contributed by atoms with Crippen molar-refractivity contribution >= 4 is 46.7 Å². The second-order valence-electron chi connectivity index (χ2n) is 7.39. The Kier molecular flexibility index (Phi) is 6.89. The van der Waals surface area contributed by atoms with E-state index in [-0.39, 0.29) is 5.91 Å². The average molecular weight is 452 g/mol. The van der Waals surface area contributed by atoms with Crippen LogP contribution in [0.2, 0.25) is 0 Å². The zero-order chi connectivity index (χ0) is 21.6. The summed E-state index contributed by atoms with van der Waals surface area (Å²) in [5, 5.41) is 9.99. The standard InChI is InChI=1S/C23H25N5OS2/c1-15(29)26-23-28-20(21(31-23)14-17-4-9-19(30)10-5-17)11-6-16-2-7-18(8-3-16)27-22-24-12-13-25-22/h2-5,7-10,30H,6,11-14H2,1H3,(H2,24,25,27)(H,26,28,29). The van der Waals surface area contributed by atoms with Gasteiger partial charge in [-0.05, 0) is 48.2 Å². The van der Waals surface area contributed by atoms with Crippen LogP contribution < -0.4 is 16.0 Å². The Morgan fingerprint density at radius 1 is 1.10 bits per heavy atom. The zero-order valence-corrected chi connectivity index (χ0v) is 19.0. The van der Waals surface area contributed by atoms with Crippen LogP contribution >= 0.6 is 24.0 Å². The Hall–Kier alpha value is -2.84. The molecule has 0 atom stereocenters. The van der Waals surface area contributed by atoms with Gasteiger partial charge in [0.25, 0.3) is 0 Å². The number of amides is 1. The van der Waals surface area contributed by atoms with Crippen LogP contribution in [0, 0.1) is 0 Å². The number of rotatable bonds is 7. The number of aryl methyl sites for hydroxylation is 2. The number of carbonyl (C=O) groups excluding carboxylic acids is 1. The molecule has 0 saturated heterocycles. The number of aliphatic imine (C=N–C) groups is 1. The van der Waals surface area contributed by atoms with Crippen LogP contribution in [0.5, 0.6) is 0 Å². The van der Waals surface area contributed by atoms with Crippen LogP contribution in [0.3, 0.4) is 0 Å². The van der Waals surface area contributed by atoms with E-state index in [1.54, 1.807) is 11.3 Å². The van der Waals surface area contributed by atoms with Crippen LogP contribution in [-0.4, -0.2) is 29.9 Å². The molecule has 1 aliphatic heterocycles. The van der Waals surface area contributed by atoms with Crippen LogP contribution in [0.25, 0.3) is 0 Å². The fourth-order valence-corrected chi connectivity index (χ4v) is 4.59. The molecule has 8 heteroatoms. The molecule has 1 amide bonds. The third kappa shape index (κ3) is 6.08. The third-order valence-corrected chi connectivity index (χ3v) is 6.21. The van der Waals surface area contributed by atoms with Gasteiger partial charge in [-0.25, -0.2) is 4.98 Å². The van der Waals surface area contributed by atoms with Gasteiger partial charge in [-0.15, -0.1) is 24.0 Å². The molecule has 0 fully saturated rings. The summed E-state index contributed by atoms with van der Waals surface area (Å²) in [7, 11) is 0. The van der Waals surface area contributed by atoms with Gasteiger partial charge >= 0.3 is 0 Å². The maximum Gasteiger partial charge on any atom is 0.223 e. The van der Waals surface area contributed by atoms with Gasteiger partial charge in [0.05, 0.1) is 12.2 Å². The SMILES string of the molecule is CC(=O)Nc1nc(CCc2ccc(NC3=NCCN3)cc2)c(Cc2ccc(S)cc2)s1. The zero-order valence-electron chi connectivity index (χ0n) is 17.3.